The van der Waals surface area contributed by atoms with Gasteiger partial charge in [-0.2, -0.15) is 0 Å². The van der Waals surface area contributed by atoms with E-state index in [0.29, 0.717) is 5.69 Å². The van der Waals surface area contributed by atoms with E-state index in [-0.39, 0.29) is 17.0 Å². The van der Waals surface area contributed by atoms with Crippen LogP contribution in [0.2, 0.25) is 0 Å². The van der Waals surface area contributed by atoms with Gasteiger partial charge in [0, 0.05) is 26.2 Å². The van der Waals surface area contributed by atoms with Crippen LogP contribution in [-0.2, 0) is 11.3 Å². The molecule has 0 bridgehead atoms. The third kappa shape index (κ3) is 3.20. The van der Waals surface area contributed by atoms with Gasteiger partial charge in [0.2, 0.25) is 0 Å². The Labute approximate surface area is 129 Å². The monoisotopic (exact) mass is 313 g/mol. The standard InChI is InChI=1S/C14H23N3O3S/c1-16(2)14(6-5-7-14)9-17(3)13-15-10(8-20-4)11(21-13)12(18)19/h5-9H2,1-4H3,(H,18,19). The molecule has 0 amide bonds. The van der Waals surface area contributed by atoms with E-state index in [1.807, 2.05) is 7.05 Å². The van der Waals surface area contributed by atoms with Crippen LogP contribution < -0.4 is 4.90 Å². The zero-order valence-electron chi connectivity index (χ0n) is 13.0. The molecule has 1 fully saturated rings. The van der Waals surface area contributed by atoms with Crippen molar-refractivity contribution in [2.24, 2.45) is 0 Å². The van der Waals surface area contributed by atoms with Gasteiger partial charge in [-0.3, -0.25) is 0 Å². The summed E-state index contributed by atoms with van der Waals surface area (Å²) in [5, 5.41) is 10.00. The predicted molar refractivity (Wildman–Crippen MR) is 83.3 cm³/mol. The Morgan fingerprint density at radius 2 is 2.10 bits per heavy atom. The molecule has 0 saturated heterocycles. The summed E-state index contributed by atoms with van der Waals surface area (Å²) in [5.41, 5.74) is 0.690. The Kier molecular flexibility index (Phi) is 4.85. The molecule has 7 heteroatoms. The van der Waals surface area contributed by atoms with Crippen LogP contribution in [0.4, 0.5) is 5.13 Å². The van der Waals surface area contributed by atoms with Gasteiger partial charge in [-0.25, -0.2) is 9.78 Å². The van der Waals surface area contributed by atoms with Gasteiger partial charge in [-0.05, 0) is 33.4 Å². The van der Waals surface area contributed by atoms with Crippen molar-refractivity contribution in [3.8, 4) is 0 Å². The molecule has 21 heavy (non-hydrogen) atoms. The number of thiazole rings is 1. The summed E-state index contributed by atoms with van der Waals surface area (Å²) in [7, 11) is 7.73. The second kappa shape index (κ2) is 6.29. The summed E-state index contributed by atoms with van der Waals surface area (Å²) in [5.74, 6) is -0.940. The SMILES string of the molecule is COCc1nc(N(C)CC2(N(C)C)CCC2)sc1C(=O)O. The summed E-state index contributed by atoms with van der Waals surface area (Å²) >= 11 is 1.22. The third-order valence-electron chi connectivity index (χ3n) is 4.25. The fourth-order valence-electron chi connectivity index (χ4n) is 2.74. The number of carboxylic acid groups (broad SMARTS) is 1. The number of aromatic carboxylic acids is 1. The lowest BCUT2D eigenvalue weighted by molar-refractivity contribution is 0.0682. The lowest BCUT2D eigenvalue weighted by Crippen LogP contribution is -2.56. The van der Waals surface area contributed by atoms with E-state index >= 15 is 0 Å². The molecule has 0 atom stereocenters. The second-order valence-electron chi connectivity index (χ2n) is 5.84. The summed E-state index contributed by atoms with van der Waals surface area (Å²) in [4.78, 5) is 20.3. The largest absolute Gasteiger partial charge is 0.477 e. The number of nitrogens with zero attached hydrogens (tertiary/aromatic N) is 3. The topological polar surface area (TPSA) is 65.9 Å². The molecule has 1 N–H and O–H groups in total. The van der Waals surface area contributed by atoms with Crippen LogP contribution in [0.1, 0.15) is 34.6 Å². The first-order valence-electron chi connectivity index (χ1n) is 7.00. The smallest absolute Gasteiger partial charge is 0.347 e. The van der Waals surface area contributed by atoms with Gasteiger partial charge in [-0.1, -0.05) is 11.3 Å². The molecule has 1 aliphatic rings. The molecule has 2 rings (SSSR count). The lowest BCUT2D eigenvalue weighted by atomic mass is 9.75. The van der Waals surface area contributed by atoms with Crippen LogP contribution in [0, 0.1) is 0 Å². The minimum atomic E-state index is -0.940. The minimum Gasteiger partial charge on any atom is -0.477 e. The summed E-state index contributed by atoms with van der Waals surface area (Å²) in [6.45, 7) is 1.09. The number of aromatic nitrogens is 1. The fourth-order valence-corrected chi connectivity index (χ4v) is 3.61. The highest BCUT2D eigenvalue weighted by Crippen LogP contribution is 2.38. The molecule has 1 aromatic rings. The Morgan fingerprint density at radius 3 is 2.52 bits per heavy atom. The maximum Gasteiger partial charge on any atom is 0.347 e. The molecular formula is C14H23N3O3S. The first-order valence-corrected chi connectivity index (χ1v) is 7.82. The molecule has 1 saturated carbocycles. The molecule has 1 aliphatic carbocycles. The Bertz CT molecular complexity index is 512. The van der Waals surface area contributed by atoms with Gasteiger partial charge < -0.3 is 19.6 Å². The lowest BCUT2D eigenvalue weighted by Gasteiger charge is -2.49. The highest BCUT2D eigenvalue weighted by atomic mass is 32.1. The van der Waals surface area contributed by atoms with Crippen LogP contribution >= 0.6 is 11.3 Å². The molecule has 0 unspecified atom stereocenters. The van der Waals surface area contributed by atoms with Crippen LogP contribution in [0.15, 0.2) is 0 Å². The van der Waals surface area contributed by atoms with Gasteiger partial charge in [0.1, 0.15) is 4.88 Å². The second-order valence-corrected chi connectivity index (χ2v) is 6.82. The number of carbonyl (C=O) groups is 1. The van der Waals surface area contributed by atoms with Gasteiger partial charge in [0.15, 0.2) is 5.13 Å². The Balaban J connectivity index is 2.17. The van der Waals surface area contributed by atoms with E-state index in [1.54, 1.807) is 7.11 Å². The van der Waals surface area contributed by atoms with Gasteiger partial charge in [0.25, 0.3) is 0 Å². The average Bonchev–Trinajstić information content (AvgIpc) is 2.77. The molecule has 1 aromatic heterocycles. The Hall–Kier alpha value is -1.18. The van der Waals surface area contributed by atoms with E-state index in [9.17, 15) is 9.90 Å². The van der Waals surface area contributed by atoms with Crippen molar-refractivity contribution in [3.05, 3.63) is 10.6 Å². The van der Waals surface area contributed by atoms with Gasteiger partial charge >= 0.3 is 5.97 Å². The summed E-state index contributed by atoms with van der Waals surface area (Å²) in [6, 6.07) is 0. The zero-order valence-corrected chi connectivity index (χ0v) is 13.9. The predicted octanol–water partition coefficient (Wildman–Crippen LogP) is 1.91. The molecule has 0 aliphatic heterocycles. The Morgan fingerprint density at radius 1 is 1.43 bits per heavy atom. The van der Waals surface area contributed by atoms with Crippen molar-refractivity contribution in [2.45, 2.75) is 31.4 Å². The van der Waals surface area contributed by atoms with Crippen molar-refractivity contribution in [3.63, 3.8) is 0 Å². The molecule has 0 spiro atoms. The third-order valence-corrected chi connectivity index (χ3v) is 5.45. The van der Waals surface area contributed by atoms with Crippen LogP contribution in [0.25, 0.3) is 0 Å². The number of hydrogen-bond acceptors (Lipinski definition) is 6. The molecular weight excluding hydrogens is 290 g/mol. The molecule has 118 valence electrons. The van der Waals surface area contributed by atoms with E-state index in [2.05, 4.69) is 28.9 Å². The maximum absolute atomic E-state index is 11.3. The van der Waals surface area contributed by atoms with E-state index < -0.39 is 5.97 Å². The van der Waals surface area contributed by atoms with Crippen molar-refractivity contribution in [1.82, 2.24) is 9.88 Å². The van der Waals surface area contributed by atoms with Crippen LogP contribution in [0.5, 0.6) is 0 Å². The van der Waals surface area contributed by atoms with E-state index in [1.165, 1.54) is 30.6 Å². The van der Waals surface area contributed by atoms with Crippen LogP contribution in [0.3, 0.4) is 0 Å². The summed E-state index contributed by atoms with van der Waals surface area (Å²) in [6.07, 6.45) is 3.60. The number of hydrogen-bond donors (Lipinski definition) is 1. The first-order chi connectivity index (χ1) is 9.89. The van der Waals surface area contributed by atoms with Crippen molar-refractivity contribution in [1.29, 1.82) is 0 Å². The molecule has 0 radical (unpaired) electrons. The van der Waals surface area contributed by atoms with E-state index in [4.69, 9.17) is 4.74 Å². The average molecular weight is 313 g/mol. The minimum absolute atomic E-state index is 0.186. The number of likely N-dealkylation sites (N-methyl/N-ethyl adjacent to an activating group) is 2. The normalized spacial score (nSPS) is 16.8. The first kappa shape index (κ1) is 16.2. The number of rotatable bonds is 7. The van der Waals surface area contributed by atoms with E-state index in [0.717, 1.165) is 11.7 Å². The number of carboxylic acids is 1. The fraction of sp³-hybridized carbons (Fsp3) is 0.714. The van der Waals surface area contributed by atoms with Crippen molar-refractivity contribution < 1.29 is 14.6 Å². The van der Waals surface area contributed by atoms with Gasteiger partial charge in [-0.15, -0.1) is 0 Å². The quantitative estimate of drug-likeness (QED) is 0.829. The highest BCUT2D eigenvalue weighted by molar-refractivity contribution is 7.17. The highest BCUT2D eigenvalue weighted by Gasteiger charge is 2.40. The number of ether oxygens (including phenoxy) is 1. The molecule has 6 nitrogen and oxygen atoms in total. The van der Waals surface area contributed by atoms with Crippen molar-refractivity contribution >= 4 is 22.4 Å². The number of anilines is 1. The zero-order chi connectivity index (χ0) is 15.6. The number of methoxy groups -OCH3 is 1. The summed E-state index contributed by atoms with van der Waals surface area (Å²) < 4.78 is 5.04. The maximum atomic E-state index is 11.3. The van der Waals surface area contributed by atoms with Gasteiger partial charge in [0.05, 0.1) is 12.3 Å². The molecule has 1 heterocycles. The van der Waals surface area contributed by atoms with Crippen LogP contribution in [-0.4, -0.2) is 61.3 Å². The van der Waals surface area contributed by atoms with Crippen molar-refractivity contribution in [2.75, 3.05) is 39.7 Å². The molecule has 0 aromatic carbocycles.